The summed E-state index contributed by atoms with van der Waals surface area (Å²) in [7, 11) is 2.22. The molecule has 0 spiro atoms. The lowest BCUT2D eigenvalue weighted by molar-refractivity contribution is 0.152. The van der Waals surface area contributed by atoms with Gasteiger partial charge in [0, 0.05) is 38.3 Å². The maximum absolute atomic E-state index is 6.19. The molecule has 0 aliphatic carbocycles. The monoisotopic (exact) mass is 345 g/mol. The Morgan fingerprint density at radius 2 is 1.84 bits per heavy atom. The van der Waals surface area contributed by atoms with Gasteiger partial charge in [-0.3, -0.25) is 9.80 Å². The van der Waals surface area contributed by atoms with E-state index in [0.717, 1.165) is 44.5 Å². The second-order valence-corrected chi connectivity index (χ2v) is 7.94. The fraction of sp³-hybridized carbons (Fsp3) is 0.714. The van der Waals surface area contributed by atoms with Gasteiger partial charge in [-0.05, 0) is 57.9 Å². The minimum atomic E-state index is 0.798. The first-order valence-electron chi connectivity index (χ1n) is 10.0. The van der Waals surface area contributed by atoms with Crippen LogP contribution < -0.4 is 4.74 Å². The first-order valence-corrected chi connectivity index (χ1v) is 10.0. The van der Waals surface area contributed by atoms with Crippen LogP contribution in [0.15, 0.2) is 24.3 Å². The van der Waals surface area contributed by atoms with E-state index in [1.54, 1.807) is 0 Å². The molecule has 0 aromatic heterocycles. The summed E-state index contributed by atoms with van der Waals surface area (Å²) in [5, 5.41) is 0. The summed E-state index contributed by atoms with van der Waals surface area (Å²) in [6.07, 6.45) is 3.97. The number of para-hydroxylation sites is 1. The van der Waals surface area contributed by atoms with Crippen molar-refractivity contribution in [3.8, 4) is 5.75 Å². The zero-order chi connectivity index (χ0) is 17.5. The average Bonchev–Trinajstić information content (AvgIpc) is 2.81. The Balaban J connectivity index is 1.50. The van der Waals surface area contributed by atoms with Crippen molar-refractivity contribution in [2.45, 2.75) is 32.7 Å². The maximum Gasteiger partial charge on any atom is 0.123 e. The summed E-state index contributed by atoms with van der Waals surface area (Å²) in [4.78, 5) is 7.56. The smallest absolute Gasteiger partial charge is 0.123 e. The fourth-order valence-corrected chi connectivity index (χ4v) is 4.05. The number of ether oxygens (including phenoxy) is 1. The molecule has 25 heavy (non-hydrogen) atoms. The summed E-state index contributed by atoms with van der Waals surface area (Å²) in [6.45, 7) is 12.4. The first kappa shape index (κ1) is 18.7. The van der Waals surface area contributed by atoms with Crippen molar-refractivity contribution in [3.05, 3.63) is 29.8 Å². The summed E-state index contributed by atoms with van der Waals surface area (Å²) in [6, 6.07) is 8.60. The molecule has 4 nitrogen and oxygen atoms in total. The van der Waals surface area contributed by atoms with Crippen LogP contribution >= 0.6 is 0 Å². The van der Waals surface area contributed by atoms with Crippen molar-refractivity contribution in [2.75, 3.05) is 59.5 Å². The molecule has 2 aliphatic heterocycles. The lowest BCUT2D eigenvalue weighted by Gasteiger charge is -2.30. The van der Waals surface area contributed by atoms with E-state index >= 15 is 0 Å². The lowest BCUT2D eigenvalue weighted by atomic mass is 10.0. The molecule has 4 heteroatoms. The van der Waals surface area contributed by atoms with Gasteiger partial charge >= 0.3 is 0 Å². The highest BCUT2D eigenvalue weighted by molar-refractivity contribution is 5.33. The van der Waals surface area contributed by atoms with Crippen LogP contribution in [0.3, 0.4) is 0 Å². The maximum atomic E-state index is 6.19. The molecule has 0 amide bonds. The standard InChI is InChI=1S/C21H35N3O/c1-19-7-5-11-24(17-19)15-16-25-21-9-4-3-8-20(21)18-23-12-6-10-22(2)13-14-23/h3-4,8-9,19H,5-7,10-18H2,1-2H3/t19-/m1/s1. The summed E-state index contributed by atoms with van der Waals surface area (Å²) in [5.41, 5.74) is 1.33. The SMILES string of the molecule is C[C@@H]1CCCN(CCOc2ccccc2CN2CCCN(C)CC2)C1. The van der Waals surface area contributed by atoms with Crippen LogP contribution in [0, 0.1) is 5.92 Å². The third kappa shape index (κ3) is 5.98. The minimum Gasteiger partial charge on any atom is -0.492 e. The van der Waals surface area contributed by atoms with Crippen LogP contribution in [0.25, 0.3) is 0 Å². The van der Waals surface area contributed by atoms with E-state index < -0.39 is 0 Å². The number of likely N-dealkylation sites (tertiary alicyclic amines) is 1. The zero-order valence-electron chi connectivity index (χ0n) is 16.1. The molecule has 140 valence electrons. The van der Waals surface area contributed by atoms with Crippen LogP contribution in [0.4, 0.5) is 0 Å². The number of hydrogen-bond donors (Lipinski definition) is 0. The topological polar surface area (TPSA) is 19.0 Å². The number of likely N-dealkylation sites (N-methyl/N-ethyl adjacent to an activating group) is 1. The summed E-state index contributed by atoms with van der Waals surface area (Å²) in [5.74, 6) is 1.91. The van der Waals surface area contributed by atoms with Crippen molar-refractivity contribution in [3.63, 3.8) is 0 Å². The molecule has 0 radical (unpaired) electrons. The first-order chi connectivity index (χ1) is 12.2. The number of nitrogens with zero attached hydrogens (tertiary/aromatic N) is 3. The second kappa shape index (κ2) is 9.56. The Morgan fingerprint density at radius 3 is 2.72 bits per heavy atom. The van der Waals surface area contributed by atoms with Gasteiger partial charge in [-0.2, -0.15) is 0 Å². The highest BCUT2D eigenvalue weighted by Gasteiger charge is 2.17. The van der Waals surface area contributed by atoms with E-state index in [9.17, 15) is 0 Å². The molecule has 0 bridgehead atoms. The molecular weight excluding hydrogens is 310 g/mol. The number of rotatable bonds is 6. The van der Waals surface area contributed by atoms with Crippen molar-refractivity contribution in [1.82, 2.24) is 14.7 Å². The third-order valence-electron chi connectivity index (χ3n) is 5.58. The second-order valence-electron chi connectivity index (χ2n) is 7.94. The number of benzene rings is 1. The van der Waals surface area contributed by atoms with E-state index in [0.29, 0.717) is 0 Å². The quantitative estimate of drug-likeness (QED) is 0.789. The normalized spacial score (nSPS) is 24.2. The third-order valence-corrected chi connectivity index (χ3v) is 5.58. The Kier molecular flexibility index (Phi) is 7.14. The predicted octanol–water partition coefficient (Wildman–Crippen LogP) is 2.93. The van der Waals surface area contributed by atoms with Crippen molar-refractivity contribution in [2.24, 2.45) is 5.92 Å². The van der Waals surface area contributed by atoms with Crippen molar-refractivity contribution in [1.29, 1.82) is 0 Å². The largest absolute Gasteiger partial charge is 0.492 e. The molecule has 1 aromatic rings. The van der Waals surface area contributed by atoms with Gasteiger partial charge in [0.15, 0.2) is 0 Å². The van der Waals surface area contributed by atoms with Crippen molar-refractivity contribution < 1.29 is 4.74 Å². The predicted molar refractivity (Wildman–Crippen MR) is 104 cm³/mol. The van der Waals surface area contributed by atoms with Crippen LogP contribution in [0.2, 0.25) is 0 Å². The molecule has 2 aliphatic rings. The van der Waals surface area contributed by atoms with Crippen LogP contribution in [0.1, 0.15) is 31.7 Å². The molecule has 2 heterocycles. The van der Waals surface area contributed by atoms with Crippen LogP contribution in [-0.4, -0.2) is 74.2 Å². The van der Waals surface area contributed by atoms with E-state index in [2.05, 4.69) is 52.9 Å². The molecule has 1 atom stereocenters. The average molecular weight is 346 g/mol. The van der Waals surface area contributed by atoms with Gasteiger partial charge in [0.1, 0.15) is 12.4 Å². The van der Waals surface area contributed by atoms with E-state index in [-0.39, 0.29) is 0 Å². The summed E-state index contributed by atoms with van der Waals surface area (Å²) < 4.78 is 6.19. The molecule has 0 N–H and O–H groups in total. The Hall–Kier alpha value is -1.10. The zero-order valence-corrected chi connectivity index (χ0v) is 16.1. The van der Waals surface area contributed by atoms with Crippen LogP contribution in [-0.2, 0) is 6.54 Å². The summed E-state index contributed by atoms with van der Waals surface area (Å²) >= 11 is 0. The molecular formula is C21H35N3O. The highest BCUT2D eigenvalue weighted by atomic mass is 16.5. The number of hydrogen-bond acceptors (Lipinski definition) is 4. The molecule has 3 rings (SSSR count). The molecule has 0 saturated carbocycles. The van der Waals surface area contributed by atoms with Gasteiger partial charge in [-0.15, -0.1) is 0 Å². The van der Waals surface area contributed by atoms with Gasteiger partial charge < -0.3 is 9.64 Å². The van der Waals surface area contributed by atoms with E-state index in [4.69, 9.17) is 4.74 Å². The lowest BCUT2D eigenvalue weighted by Crippen LogP contribution is -2.37. The highest BCUT2D eigenvalue weighted by Crippen LogP contribution is 2.21. The van der Waals surface area contributed by atoms with Gasteiger partial charge in [-0.25, -0.2) is 0 Å². The molecule has 1 aromatic carbocycles. The van der Waals surface area contributed by atoms with Gasteiger partial charge in [0.05, 0.1) is 0 Å². The van der Waals surface area contributed by atoms with Crippen molar-refractivity contribution >= 4 is 0 Å². The minimum absolute atomic E-state index is 0.798. The molecule has 0 unspecified atom stereocenters. The Morgan fingerprint density at radius 1 is 1.00 bits per heavy atom. The molecule has 2 saturated heterocycles. The Bertz CT molecular complexity index is 522. The fourth-order valence-electron chi connectivity index (χ4n) is 4.05. The number of piperidine rings is 1. The van der Waals surface area contributed by atoms with E-state index in [1.165, 1.54) is 51.0 Å². The van der Waals surface area contributed by atoms with Gasteiger partial charge in [-0.1, -0.05) is 25.1 Å². The van der Waals surface area contributed by atoms with Gasteiger partial charge in [0.2, 0.25) is 0 Å². The van der Waals surface area contributed by atoms with Gasteiger partial charge in [0.25, 0.3) is 0 Å². The van der Waals surface area contributed by atoms with Crippen LogP contribution in [0.5, 0.6) is 5.75 Å². The molecule has 2 fully saturated rings. The van der Waals surface area contributed by atoms with E-state index in [1.807, 2.05) is 0 Å². The Labute approximate surface area is 153 Å².